The van der Waals surface area contributed by atoms with Gasteiger partial charge in [-0.05, 0) is 56.2 Å². The Morgan fingerprint density at radius 3 is 2.66 bits per heavy atom. The van der Waals surface area contributed by atoms with Crippen molar-refractivity contribution in [2.24, 2.45) is 0 Å². The average Bonchev–Trinajstić information content (AvgIpc) is 3.43. The van der Waals surface area contributed by atoms with Crippen LogP contribution in [0.5, 0.6) is 0 Å². The molecule has 0 unspecified atom stereocenters. The molecular formula is C21H17FN4O2S. The Morgan fingerprint density at radius 1 is 1.14 bits per heavy atom. The highest BCUT2D eigenvalue weighted by Gasteiger charge is 2.30. The zero-order valence-corrected chi connectivity index (χ0v) is 16.4. The second kappa shape index (κ2) is 7.11. The third-order valence-corrected chi connectivity index (χ3v) is 5.90. The van der Waals surface area contributed by atoms with Gasteiger partial charge in [0, 0.05) is 11.6 Å². The molecule has 0 amide bonds. The average molecular weight is 408 g/mol. The van der Waals surface area contributed by atoms with E-state index in [0.717, 1.165) is 12.8 Å². The van der Waals surface area contributed by atoms with Gasteiger partial charge < -0.3 is 4.42 Å². The summed E-state index contributed by atoms with van der Waals surface area (Å²) in [4.78, 5) is 17.7. The van der Waals surface area contributed by atoms with E-state index in [0.29, 0.717) is 33.4 Å². The fourth-order valence-corrected chi connectivity index (χ4v) is 4.19. The lowest BCUT2D eigenvalue weighted by atomic mass is 10.2. The largest absolute Gasteiger partial charge is 0.419 e. The van der Waals surface area contributed by atoms with Gasteiger partial charge in [0.1, 0.15) is 5.82 Å². The molecule has 29 heavy (non-hydrogen) atoms. The summed E-state index contributed by atoms with van der Waals surface area (Å²) in [5.74, 6) is 0.440. The number of hydrogen-bond donors (Lipinski definition) is 0. The number of nitrogens with zero attached hydrogens (tertiary/aromatic N) is 4. The van der Waals surface area contributed by atoms with E-state index in [1.807, 2.05) is 31.2 Å². The molecule has 146 valence electrons. The Morgan fingerprint density at radius 2 is 1.90 bits per heavy atom. The Balaban J connectivity index is 1.47. The van der Waals surface area contributed by atoms with Crippen LogP contribution in [0.25, 0.3) is 22.4 Å². The predicted octanol–water partition coefficient (Wildman–Crippen LogP) is 4.77. The van der Waals surface area contributed by atoms with E-state index in [1.54, 1.807) is 16.7 Å². The minimum Gasteiger partial charge on any atom is -0.419 e. The minimum atomic E-state index is -0.321. The molecule has 0 N–H and O–H groups in total. The quantitative estimate of drug-likeness (QED) is 0.350. The number of para-hydroxylation sites is 1. The van der Waals surface area contributed by atoms with Gasteiger partial charge in [0.05, 0.1) is 16.2 Å². The predicted molar refractivity (Wildman–Crippen MR) is 108 cm³/mol. The summed E-state index contributed by atoms with van der Waals surface area (Å²) < 4.78 is 20.7. The molecule has 0 bridgehead atoms. The van der Waals surface area contributed by atoms with Crippen molar-refractivity contribution in [3.8, 4) is 11.5 Å². The van der Waals surface area contributed by atoms with Gasteiger partial charge in [0.25, 0.3) is 5.56 Å². The van der Waals surface area contributed by atoms with Crippen LogP contribution < -0.4 is 5.56 Å². The smallest absolute Gasteiger partial charge is 0.262 e. The summed E-state index contributed by atoms with van der Waals surface area (Å²) in [6.07, 6.45) is 1.97. The second-order valence-corrected chi connectivity index (χ2v) is 8.34. The van der Waals surface area contributed by atoms with Gasteiger partial charge in [-0.25, -0.2) is 9.37 Å². The van der Waals surface area contributed by atoms with E-state index in [4.69, 9.17) is 9.40 Å². The molecular weight excluding hydrogens is 391 g/mol. The molecule has 0 aliphatic heterocycles. The van der Waals surface area contributed by atoms with Crippen molar-refractivity contribution in [3.05, 3.63) is 70.6 Å². The third kappa shape index (κ3) is 3.44. The van der Waals surface area contributed by atoms with Crippen LogP contribution in [0.2, 0.25) is 0 Å². The van der Waals surface area contributed by atoms with E-state index in [-0.39, 0.29) is 22.7 Å². The van der Waals surface area contributed by atoms with E-state index in [9.17, 15) is 9.18 Å². The normalized spacial score (nSPS) is 15.0. The van der Waals surface area contributed by atoms with Crippen LogP contribution in [-0.2, 0) is 0 Å². The summed E-state index contributed by atoms with van der Waals surface area (Å²) in [7, 11) is 0. The molecule has 8 heteroatoms. The van der Waals surface area contributed by atoms with Gasteiger partial charge >= 0.3 is 0 Å². The topological polar surface area (TPSA) is 73.8 Å². The highest BCUT2D eigenvalue weighted by Crippen LogP contribution is 2.40. The second-order valence-electron chi connectivity index (χ2n) is 7.03. The van der Waals surface area contributed by atoms with Crippen LogP contribution >= 0.6 is 11.8 Å². The highest BCUT2D eigenvalue weighted by atomic mass is 32.2. The summed E-state index contributed by atoms with van der Waals surface area (Å²) >= 11 is 1.43. The summed E-state index contributed by atoms with van der Waals surface area (Å²) in [5.41, 5.74) is 1.33. The molecule has 0 radical (unpaired) electrons. The van der Waals surface area contributed by atoms with E-state index in [1.165, 1.54) is 23.9 Å². The number of thioether (sulfide) groups is 1. The zero-order chi connectivity index (χ0) is 20.0. The van der Waals surface area contributed by atoms with Crippen LogP contribution in [-0.4, -0.2) is 19.7 Å². The number of rotatable bonds is 5. The Bertz CT molecular complexity index is 1250. The molecule has 5 rings (SSSR count). The highest BCUT2D eigenvalue weighted by molar-refractivity contribution is 7.99. The molecule has 2 aromatic heterocycles. The standard InChI is InChI=1S/C21H17FN4O2S/c1-12(18-24-25-19(28-18)13-6-8-14(22)9-7-13)29-21-23-17-5-3-2-4-16(17)20(27)26(21)15-10-11-15/h2-9,12,15H,10-11H2,1H3/t12-/m1/s1. The van der Waals surface area contributed by atoms with Crippen LogP contribution in [0.4, 0.5) is 4.39 Å². The number of fused-ring (bicyclic) bond motifs is 1. The molecule has 1 aliphatic rings. The fourth-order valence-electron chi connectivity index (χ4n) is 3.18. The van der Waals surface area contributed by atoms with Crippen LogP contribution in [0.1, 0.15) is 36.9 Å². The van der Waals surface area contributed by atoms with E-state index >= 15 is 0 Å². The van der Waals surface area contributed by atoms with Crippen LogP contribution in [0, 0.1) is 5.82 Å². The monoisotopic (exact) mass is 408 g/mol. The van der Waals surface area contributed by atoms with Crippen molar-refractivity contribution >= 4 is 22.7 Å². The number of hydrogen-bond acceptors (Lipinski definition) is 6. The van der Waals surface area contributed by atoms with Crippen molar-refractivity contribution in [2.45, 2.75) is 36.2 Å². The van der Waals surface area contributed by atoms with Gasteiger partial charge in [-0.15, -0.1) is 10.2 Å². The van der Waals surface area contributed by atoms with Gasteiger partial charge in [-0.2, -0.15) is 0 Å². The van der Waals surface area contributed by atoms with Gasteiger partial charge in [-0.3, -0.25) is 9.36 Å². The van der Waals surface area contributed by atoms with Crippen molar-refractivity contribution < 1.29 is 8.81 Å². The first-order chi connectivity index (χ1) is 14.1. The Kier molecular flexibility index (Phi) is 4.43. The molecule has 1 fully saturated rings. The molecule has 6 nitrogen and oxygen atoms in total. The van der Waals surface area contributed by atoms with Gasteiger partial charge in [-0.1, -0.05) is 23.9 Å². The summed E-state index contributed by atoms with van der Waals surface area (Å²) in [5, 5.41) is 9.30. The number of halogens is 1. The van der Waals surface area contributed by atoms with E-state index in [2.05, 4.69) is 10.2 Å². The molecule has 2 heterocycles. The van der Waals surface area contributed by atoms with Crippen molar-refractivity contribution in [1.29, 1.82) is 0 Å². The maximum atomic E-state index is 13.1. The maximum absolute atomic E-state index is 13.1. The molecule has 1 aliphatic carbocycles. The Labute approximate surface area is 169 Å². The maximum Gasteiger partial charge on any atom is 0.262 e. The number of benzene rings is 2. The lowest BCUT2D eigenvalue weighted by molar-refractivity contribution is 0.508. The zero-order valence-electron chi connectivity index (χ0n) is 15.6. The van der Waals surface area contributed by atoms with Crippen molar-refractivity contribution in [3.63, 3.8) is 0 Å². The van der Waals surface area contributed by atoms with E-state index < -0.39 is 0 Å². The minimum absolute atomic E-state index is 0.00895. The lowest BCUT2D eigenvalue weighted by Crippen LogP contribution is -2.22. The summed E-state index contributed by atoms with van der Waals surface area (Å²) in [6, 6.07) is 13.5. The lowest BCUT2D eigenvalue weighted by Gasteiger charge is -2.14. The third-order valence-electron chi connectivity index (χ3n) is 4.85. The molecule has 0 spiro atoms. The van der Waals surface area contributed by atoms with Crippen LogP contribution in [0.15, 0.2) is 62.9 Å². The summed E-state index contributed by atoms with van der Waals surface area (Å²) in [6.45, 7) is 1.94. The molecule has 1 atom stereocenters. The first-order valence-electron chi connectivity index (χ1n) is 9.37. The number of aromatic nitrogens is 4. The van der Waals surface area contributed by atoms with Gasteiger partial charge in [0.2, 0.25) is 11.8 Å². The SMILES string of the molecule is C[C@@H](Sc1nc2ccccc2c(=O)n1C1CC1)c1nnc(-c2ccc(F)cc2)o1. The molecule has 1 saturated carbocycles. The molecule has 0 saturated heterocycles. The van der Waals surface area contributed by atoms with Crippen LogP contribution in [0.3, 0.4) is 0 Å². The Hall–Kier alpha value is -3.00. The molecule has 4 aromatic rings. The van der Waals surface area contributed by atoms with Crippen molar-refractivity contribution in [2.75, 3.05) is 0 Å². The first-order valence-corrected chi connectivity index (χ1v) is 10.3. The molecule has 2 aromatic carbocycles. The van der Waals surface area contributed by atoms with Crippen molar-refractivity contribution in [1.82, 2.24) is 19.7 Å². The van der Waals surface area contributed by atoms with Gasteiger partial charge in [0.15, 0.2) is 5.16 Å². The fraction of sp³-hybridized carbons (Fsp3) is 0.238. The first kappa shape index (κ1) is 18.1.